The Bertz CT molecular complexity index is 1010. The summed E-state index contributed by atoms with van der Waals surface area (Å²) in [7, 11) is 0. The maximum absolute atomic E-state index is 12.9. The highest BCUT2D eigenvalue weighted by atomic mass is 16.5. The van der Waals surface area contributed by atoms with Crippen molar-refractivity contribution >= 4 is 28.2 Å². The van der Waals surface area contributed by atoms with E-state index < -0.39 is 12.2 Å². The van der Waals surface area contributed by atoms with Crippen LogP contribution in [0, 0.1) is 5.41 Å². The van der Waals surface area contributed by atoms with Crippen LogP contribution in [0.1, 0.15) is 32.3 Å². The molecule has 0 saturated carbocycles. The molecule has 4 rings (SSSR count). The summed E-state index contributed by atoms with van der Waals surface area (Å²) >= 11 is 0. The van der Waals surface area contributed by atoms with E-state index in [-0.39, 0.29) is 16.8 Å². The van der Waals surface area contributed by atoms with Gasteiger partial charge in [-0.05, 0) is 11.5 Å². The summed E-state index contributed by atoms with van der Waals surface area (Å²) in [6, 6.07) is 7.57. The molecule has 6 nitrogen and oxygen atoms in total. The molecule has 1 atom stereocenters. The number of carbonyl (C=O) groups excluding carboxylic acids is 1. The minimum atomic E-state index is -1.18. The van der Waals surface area contributed by atoms with E-state index in [0.29, 0.717) is 35.3 Å². The summed E-state index contributed by atoms with van der Waals surface area (Å²) in [6.07, 6.45) is 1.50. The van der Waals surface area contributed by atoms with Gasteiger partial charge in [-0.2, -0.15) is 0 Å². The van der Waals surface area contributed by atoms with Gasteiger partial charge in [-0.3, -0.25) is 10.5 Å². The number of aromatic nitrogens is 1. The molecule has 0 radical (unpaired) electrons. The Labute approximate surface area is 150 Å². The SMILES string of the molecule is CC1(C)CC(=O)C2=C(C1)OC(N)C(C(=O)O)=C2c1c[nH]c2ccccc12. The molecule has 2 aromatic rings. The van der Waals surface area contributed by atoms with E-state index in [1.807, 2.05) is 38.1 Å². The average Bonchev–Trinajstić information content (AvgIpc) is 2.95. The van der Waals surface area contributed by atoms with E-state index in [4.69, 9.17) is 10.5 Å². The number of ether oxygens (including phenoxy) is 1. The van der Waals surface area contributed by atoms with Crippen molar-refractivity contribution in [2.75, 3.05) is 0 Å². The fourth-order valence-electron chi connectivity index (χ4n) is 3.92. The molecule has 0 spiro atoms. The first-order chi connectivity index (χ1) is 12.3. The second-order valence-corrected chi connectivity index (χ2v) is 7.62. The Kier molecular flexibility index (Phi) is 3.56. The number of nitrogens with one attached hydrogen (secondary N) is 1. The summed E-state index contributed by atoms with van der Waals surface area (Å²) in [4.78, 5) is 28.0. The van der Waals surface area contributed by atoms with Gasteiger partial charge < -0.3 is 14.8 Å². The summed E-state index contributed by atoms with van der Waals surface area (Å²) in [6.45, 7) is 3.98. The number of carboxylic acid groups (broad SMARTS) is 1. The lowest BCUT2D eigenvalue weighted by molar-refractivity contribution is -0.133. The lowest BCUT2D eigenvalue weighted by Gasteiger charge is -2.37. The lowest BCUT2D eigenvalue weighted by Crippen LogP contribution is -2.39. The number of hydrogen-bond acceptors (Lipinski definition) is 4. The molecule has 4 N–H and O–H groups in total. The molecule has 1 aromatic heterocycles. The average molecular weight is 352 g/mol. The molecule has 6 heteroatoms. The van der Waals surface area contributed by atoms with Crippen LogP contribution in [0.25, 0.3) is 16.5 Å². The normalized spacial score (nSPS) is 22.4. The Morgan fingerprint density at radius 1 is 1.27 bits per heavy atom. The largest absolute Gasteiger partial charge is 0.478 e. The summed E-state index contributed by atoms with van der Waals surface area (Å²) in [5.74, 6) is -0.798. The first kappa shape index (κ1) is 16.6. The van der Waals surface area contributed by atoms with Crippen LogP contribution in [-0.4, -0.2) is 28.1 Å². The van der Waals surface area contributed by atoms with Gasteiger partial charge in [0.2, 0.25) is 0 Å². The molecular formula is C20H20N2O4. The quantitative estimate of drug-likeness (QED) is 0.770. The minimum Gasteiger partial charge on any atom is -0.478 e. The van der Waals surface area contributed by atoms with Crippen molar-refractivity contribution in [3.05, 3.63) is 52.9 Å². The summed E-state index contributed by atoms with van der Waals surface area (Å²) < 4.78 is 5.70. The minimum absolute atomic E-state index is 0.0819. The van der Waals surface area contributed by atoms with Crippen LogP contribution < -0.4 is 5.73 Å². The number of ketones is 1. The molecule has 1 aliphatic carbocycles. The van der Waals surface area contributed by atoms with Crippen molar-refractivity contribution in [3.63, 3.8) is 0 Å². The molecule has 134 valence electrons. The molecule has 1 aliphatic heterocycles. The topological polar surface area (TPSA) is 105 Å². The number of fused-ring (bicyclic) bond motifs is 1. The third-order valence-electron chi connectivity index (χ3n) is 5.00. The van der Waals surface area contributed by atoms with Crippen molar-refractivity contribution in [1.82, 2.24) is 4.98 Å². The van der Waals surface area contributed by atoms with Gasteiger partial charge in [0, 0.05) is 41.1 Å². The van der Waals surface area contributed by atoms with Gasteiger partial charge >= 0.3 is 5.97 Å². The number of allylic oxidation sites excluding steroid dienone is 3. The van der Waals surface area contributed by atoms with Gasteiger partial charge in [-0.1, -0.05) is 32.0 Å². The van der Waals surface area contributed by atoms with Gasteiger partial charge in [-0.15, -0.1) is 0 Å². The first-order valence-electron chi connectivity index (χ1n) is 8.51. The fourth-order valence-corrected chi connectivity index (χ4v) is 3.92. The number of Topliss-reactive ketones (excluding diaryl/α,β-unsaturated/α-hetero) is 1. The van der Waals surface area contributed by atoms with E-state index in [0.717, 1.165) is 10.9 Å². The number of hydrogen-bond donors (Lipinski definition) is 3. The van der Waals surface area contributed by atoms with Crippen LogP contribution in [0.15, 0.2) is 47.4 Å². The smallest absolute Gasteiger partial charge is 0.337 e. The number of para-hydroxylation sites is 1. The highest BCUT2D eigenvalue weighted by molar-refractivity contribution is 6.19. The van der Waals surface area contributed by atoms with E-state index >= 15 is 0 Å². The van der Waals surface area contributed by atoms with Gasteiger partial charge in [0.25, 0.3) is 0 Å². The van der Waals surface area contributed by atoms with E-state index in [1.165, 1.54) is 0 Å². The second kappa shape index (κ2) is 5.57. The Hall–Kier alpha value is -2.86. The maximum Gasteiger partial charge on any atom is 0.337 e. The maximum atomic E-state index is 12.9. The van der Waals surface area contributed by atoms with Crippen molar-refractivity contribution in [2.45, 2.75) is 32.9 Å². The van der Waals surface area contributed by atoms with E-state index in [2.05, 4.69) is 4.98 Å². The Morgan fingerprint density at radius 2 is 2.00 bits per heavy atom. The first-order valence-corrected chi connectivity index (χ1v) is 8.51. The predicted molar refractivity (Wildman–Crippen MR) is 97.0 cm³/mol. The number of carboxylic acids is 1. The molecule has 26 heavy (non-hydrogen) atoms. The number of benzene rings is 1. The summed E-state index contributed by atoms with van der Waals surface area (Å²) in [5.41, 5.74) is 7.98. The molecule has 0 saturated heterocycles. The molecule has 2 aliphatic rings. The standard InChI is InChI=1S/C20H20N2O4/c1-20(2)7-13(23)16-14(8-20)26-18(21)17(19(24)25)15(16)11-9-22-12-6-4-3-5-10(11)12/h3-6,9,18,22H,7-8,21H2,1-2H3,(H,24,25). The van der Waals surface area contributed by atoms with E-state index in [9.17, 15) is 14.7 Å². The Balaban J connectivity index is 2.04. The lowest BCUT2D eigenvalue weighted by atomic mass is 9.72. The van der Waals surface area contributed by atoms with Crippen LogP contribution in [0.4, 0.5) is 0 Å². The molecular weight excluding hydrogens is 332 g/mol. The number of carbonyl (C=O) groups is 2. The number of nitrogens with two attached hydrogens (primary N) is 1. The highest BCUT2D eigenvalue weighted by Crippen LogP contribution is 2.47. The number of rotatable bonds is 2. The number of aromatic amines is 1. The van der Waals surface area contributed by atoms with E-state index in [1.54, 1.807) is 6.20 Å². The van der Waals surface area contributed by atoms with Gasteiger partial charge in [0.1, 0.15) is 11.3 Å². The van der Waals surface area contributed by atoms with Crippen LogP contribution in [0.2, 0.25) is 0 Å². The van der Waals surface area contributed by atoms with Gasteiger partial charge in [0.15, 0.2) is 12.0 Å². The molecule has 0 amide bonds. The zero-order chi connectivity index (χ0) is 18.6. The monoisotopic (exact) mass is 352 g/mol. The molecule has 1 unspecified atom stereocenters. The zero-order valence-corrected chi connectivity index (χ0v) is 14.6. The Morgan fingerprint density at radius 3 is 2.73 bits per heavy atom. The van der Waals surface area contributed by atoms with Crippen LogP contribution in [0.5, 0.6) is 0 Å². The van der Waals surface area contributed by atoms with Crippen molar-refractivity contribution in [3.8, 4) is 0 Å². The second-order valence-electron chi connectivity index (χ2n) is 7.62. The third-order valence-corrected chi connectivity index (χ3v) is 5.00. The molecule has 1 aromatic carbocycles. The number of H-pyrrole nitrogens is 1. The van der Waals surface area contributed by atoms with Crippen LogP contribution in [-0.2, 0) is 14.3 Å². The predicted octanol–water partition coefficient (Wildman–Crippen LogP) is 2.96. The highest BCUT2D eigenvalue weighted by Gasteiger charge is 2.42. The van der Waals surface area contributed by atoms with Crippen LogP contribution >= 0.6 is 0 Å². The molecule has 0 bridgehead atoms. The summed E-state index contributed by atoms with van der Waals surface area (Å²) in [5, 5.41) is 10.6. The van der Waals surface area contributed by atoms with Crippen LogP contribution in [0.3, 0.4) is 0 Å². The van der Waals surface area contributed by atoms with Crippen molar-refractivity contribution in [2.24, 2.45) is 11.1 Å². The van der Waals surface area contributed by atoms with Crippen molar-refractivity contribution in [1.29, 1.82) is 0 Å². The van der Waals surface area contributed by atoms with Gasteiger partial charge in [0.05, 0.1) is 5.57 Å². The molecule has 0 fully saturated rings. The number of aliphatic carboxylic acids is 1. The molecule has 2 heterocycles. The van der Waals surface area contributed by atoms with Crippen molar-refractivity contribution < 1.29 is 19.4 Å². The fraction of sp³-hybridized carbons (Fsp3) is 0.300. The third kappa shape index (κ3) is 2.45. The zero-order valence-electron chi connectivity index (χ0n) is 14.6. The van der Waals surface area contributed by atoms with Gasteiger partial charge in [-0.25, -0.2) is 4.79 Å².